The Bertz CT molecular complexity index is 267. The SMILES string of the molecule is CC.CC.COCOc1cnc(Cl)cc1C. The summed E-state index contributed by atoms with van der Waals surface area (Å²) in [6.45, 7) is 10.1. The van der Waals surface area contributed by atoms with Crippen molar-refractivity contribution in [3.63, 3.8) is 0 Å². The van der Waals surface area contributed by atoms with Gasteiger partial charge in [0.15, 0.2) is 6.79 Å². The molecule has 0 aliphatic heterocycles. The molecule has 1 heterocycles. The molecule has 1 aromatic rings. The Morgan fingerprint density at radius 1 is 1.25 bits per heavy atom. The fraction of sp³-hybridized carbons (Fsp3) is 0.583. The van der Waals surface area contributed by atoms with Gasteiger partial charge in [0.2, 0.25) is 0 Å². The lowest BCUT2D eigenvalue weighted by molar-refractivity contribution is 0.0503. The summed E-state index contributed by atoms with van der Waals surface area (Å²) in [5.74, 6) is 0.696. The van der Waals surface area contributed by atoms with Gasteiger partial charge in [0.1, 0.15) is 10.9 Å². The van der Waals surface area contributed by atoms with Crippen LogP contribution >= 0.6 is 11.6 Å². The van der Waals surface area contributed by atoms with E-state index in [-0.39, 0.29) is 6.79 Å². The molecule has 0 aromatic carbocycles. The molecule has 0 bridgehead atoms. The predicted molar refractivity (Wildman–Crippen MR) is 69.2 cm³/mol. The van der Waals surface area contributed by atoms with Crippen molar-refractivity contribution in [1.29, 1.82) is 0 Å². The van der Waals surface area contributed by atoms with Gasteiger partial charge < -0.3 is 9.47 Å². The van der Waals surface area contributed by atoms with E-state index < -0.39 is 0 Å². The van der Waals surface area contributed by atoms with Crippen LogP contribution in [0.1, 0.15) is 33.3 Å². The summed E-state index contributed by atoms with van der Waals surface area (Å²) in [7, 11) is 1.57. The van der Waals surface area contributed by atoms with E-state index in [4.69, 9.17) is 21.1 Å². The number of hydrogen-bond acceptors (Lipinski definition) is 3. The summed E-state index contributed by atoms with van der Waals surface area (Å²) < 4.78 is 9.95. The summed E-state index contributed by atoms with van der Waals surface area (Å²) in [6, 6.07) is 1.74. The lowest BCUT2D eigenvalue weighted by atomic mass is 10.3. The third kappa shape index (κ3) is 7.49. The molecule has 0 unspecified atom stereocenters. The highest BCUT2D eigenvalue weighted by atomic mass is 35.5. The van der Waals surface area contributed by atoms with Gasteiger partial charge in [-0.3, -0.25) is 0 Å². The Morgan fingerprint density at radius 2 is 1.81 bits per heavy atom. The monoisotopic (exact) mass is 247 g/mol. The zero-order chi connectivity index (χ0) is 13.0. The Kier molecular flexibility index (Phi) is 13.5. The molecular weight excluding hydrogens is 226 g/mol. The van der Waals surface area contributed by atoms with Gasteiger partial charge in [0.25, 0.3) is 0 Å². The quantitative estimate of drug-likeness (QED) is 0.596. The van der Waals surface area contributed by atoms with Crippen molar-refractivity contribution < 1.29 is 9.47 Å². The molecule has 1 rings (SSSR count). The van der Waals surface area contributed by atoms with Crippen molar-refractivity contribution in [1.82, 2.24) is 4.98 Å². The van der Waals surface area contributed by atoms with Crippen LogP contribution in [0.15, 0.2) is 12.3 Å². The molecule has 0 aliphatic carbocycles. The minimum atomic E-state index is 0.226. The maximum Gasteiger partial charge on any atom is 0.188 e. The number of methoxy groups -OCH3 is 1. The Labute approximate surface area is 104 Å². The minimum absolute atomic E-state index is 0.226. The number of hydrogen-bond donors (Lipinski definition) is 0. The third-order valence-corrected chi connectivity index (χ3v) is 1.57. The van der Waals surface area contributed by atoms with E-state index in [9.17, 15) is 0 Å². The largest absolute Gasteiger partial charge is 0.466 e. The van der Waals surface area contributed by atoms with Crippen LogP contribution in [0.5, 0.6) is 5.75 Å². The fourth-order valence-corrected chi connectivity index (χ4v) is 0.995. The Hall–Kier alpha value is -0.800. The van der Waals surface area contributed by atoms with Crippen molar-refractivity contribution in [3.05, 3.63) is 23.0 Å². The first-order valence-corrected chi connectivity index (χ1v) is 5.85. The number of pyridine rings is 1. The maximum absolute atomic E-state index is 5.65. The van der Waals surface area contributed by atoms with Gasteiger partial charge in [0, 0.05) is 7.11 Å². The molecule has 0 fully saturated rings. The summed E-state index contributed by atoms with van der Waals surface area (Å²) in [6.07, 6.45) is 1.58. The van der Waals surface area contributed by atoms with Gasteiger partial charge in [-0.2, -0.15) is 0 Å². The van der Waals surface area contributed by atoms with E-state index in [0.29, 0.717) is 10.9 Å². The van der Waals surface area contributed by atoms with Crippen molar-refractivity contribution in [2.24, 2.45) is 0 Å². The molecule has 0 aliphatic rings. The molecule has 0 saturated heterocycles. The lowest BCUT2D eigenvalue weighted by Gasteiger charge is -2.06. The second-order valence-electron chi connectivity index (χ2n) is 2.32. The smallest absolute Gasteiger partial charge is 0.188 e. The summed E-state index contributed by atoms with van der Waals surface area (Å²) in [4.78, 5) is 3.88. The summed E-state index contributed by atoms with van der Waals surface area (Å²) in [5, 5.41) is 0.470. The zero-order valence-corrected chi connectivity index (χ0v) is 11.8. The average Bonchev–Trinajstić information content (AvgIpc) is 2.33. The van der Waals surface area contributed by atoms with Crippen molar-refractivity contribution in [3.8, 4) is 5.75 Å². The van der Waals surface area contributed by atoms with Gasteiger partial charge in [-0.05, 0) is 18.6 Å². The standard InChI is InChI=1S/C8H10ClNO2.2C2H6/c1-6-3-8(9)10-4-7(6)12-5-11-2;2*1-2/h3-4H,5H2,1-2H3;2*1-2H3. The molecule has 3 nitrogen and oxygen atoms in total. The molecule has 16 heavy (non-hydrogen) atoms. The van der Waals surface area contributed by atoms with E-state index >= 15 is 0 Å². The molecule has 4 heteroatoms. The highest BCUT2D eigenvalue weighted by Crippen LogP contribution is 2.18. The first-order chi connectivity index (χ1) is 7.74. The van der Waals surface area contributed by atoms with Crippen LogP contribution in [0.2, 0.25) is 5.15 Å². The molecule has 0 amide bonds. The first kappa shape index (κ1) is 17.6. The van der Waals surface area contributed by atoms with Gasteiger partial charge in [-0.15, -0.1) is 0 Å². The van der Waals surface area contributed by atoms with Gasteiger partial charge in [-0.1, -0.05) is 39.3 Å². The van der Waals surface area contributed by atoms with Crippen LogP contribution in [0, 0.1) is 6.92 Å². The van der Waals surface area contributed by atoms with Crippen LogP contribution in [-0.2, 0) is 4.74 Å². The molecule has 0 N–H and O–H groups in total. The number of ether oxygens (including phenoxy) is 2. The van der Waals surface area contributed by atoms with Crippen molar-refractivity contribution in [2.75, 3.05) is 13.9 Å². The van der Waals surface area contributed by atoms with E-state index in [1.807, 2.05) is 34.6 Å². The minimum Gasteiger partial charge on any atom is -0.466 e. The molecule has 94 valence electrons. The van der Waals surface area contributed by atoms with E-state index in [1.165, 1.54) is 0 Å². The van der Waals surface area contributed by atoms with Crippen LogP contribution < -0.4 is 4.74 Å². The van der Waals surface area contributed by atoms with E-state index in [0.717, 1.165) is 5.56 Å². The topological polar surface area (TPSA) is 31.4 Å². The second-order valence-corrected chi connectivity index (χ2v) is 2.71. The second kappa shape index (κ2) is 12.3. The molecule has 1 aromatic heterocycles. The van der Waals surface area contributed by atoms with Gasteiger partial charge >= 0.3 is 0 Å². The predicted octanol–water partition coefficient (Wildman–Crippen LogP) is 4.08. The molecular formula is C12H22ClNO2. The maximum atomic E-state index is 5.65. The zero-order valence-electron chi connectivity index (χ0n) is 11.0. The number of aromatic nitrogens is 1. The number of nitrogens with zero attached hydrogens (tertiary/aromatic N) is 1. The first-order valence-electron chi connectivity index (χ1n) is 5.48. The number of aryl methyl sites for hydroxylation is 1. The molecule has 0 saturated carbocycles. The van der Waals surface area contributed by atoms with Crippen LogP contribution in [-0.4, -0.2) is 18.9 Å². The highest BCUT2D eigenvalue weighted by Gasteiger charge is 1.99. The lowest BCUT2D eigenvalue weighted by Crippen LogP contribution is -2.00. The molecule has 0 radical (unpaired) electrons. The normalized spacial score (nSPS) is 8.19. The van der Waals surface area contributed by atoms with Gasteiger partial charge in [-0.25, -0.2) is 4.98 Å². The number of halogens is 1. The Morgan fingerprint density at radius 3 is 2.25 bits per heavy atom. The summed E-state index contributed by atoms with van der Waals surface area (Å²) >= 11 is 5.65. The van der Waals surface area contributed by atoms with Crippen LogP contribution in [0.25, 0.3) is 0 Å². The Balaban J connectivity index is 0. The number of rotatable bonds is 3. The van der Waals surface area contributed by atoms with E-state index in [1.54, 1.807) is 19.4 Å². The van der Waals surface area contributed by atoms with Crippen molar-refractivity contribution >= 4 is 11.6 Å². The molecule has 0 spiro atoms. The third-order valence-electron chi connectivity index (χ3n) is 1.36. The van der Waals surface area contributed by atoms with Crippen molar-refractivity contribution in [2.45, 2.75) is 34.6 Å². The average molecular weight is 248 g/mol. The van der Waals surface area contributed by atoms with Crippen LogP contribution in [0.4, 0.5) is 0 Å². The van der Waals surface area contributed by atoms with Gasteiger partial charge in [0.05, 0.1) is 6.20 Å². The molecule has 0 atom stereocenters. The summed E-state index contributed by atoms with van der Waals surface area (Å²) in [5.41, 5.74) is 0.951. The van der Waals surface area contributed by atoms with Crippen LogP contribution in [0.3, 0.4) is 0 Å². The fourth-order valence-electron chi connectivity index (χ4n) is 0.783. The van der Waals surface area contributed by atoms with E-state index in [2.05, 4.69) is 4.98 Å². The highest BCUT2D eigenvalue weighted by molar-refractivity contribution is 6.29.